The van der Waals surface area contributed by atoms with E-state index in [0.717, 1.165) is 34.0 Å². The van der Waals surface area contributed by atoms with Gasteiger partial charge in [0.25, 0.3) is 5.91 Å². The Kier molecular flexibility index (Phi) is 5.89. The molecule has 0 saturated carbocycles. The first-order valence-corrected chi connectivity index (χ1v) is 10.2. The lowest BCUT2D eigenvalue weighted by molar-refractivity contribution is 0.0919. The topological polar surface area (TPSA) is 69.3 Å². The van der Waals surface area contributed by atoms with Gasteiger partial charge in [-0.25, -0.2) is 4.68 Å². The van der Waals surface area contributed by atoms with Gasteiger partial charge in [-0.2, -0.15) is 5.10 Å². The van der Waals surface area contributed by atoms with Crippen molar-refractivity contribution >= 4 is 5.91 Å². The summed E-state index contributed by atoms with van der Waals surface area (Å²) < 4.78 is 13.3. The molecule has 158 valence electrons. The van der Waals surface area contributed by atoms with Crippen LogP contribution in [0.5, 0.6) is 5.75 Å². The Morgan fingerprint density at radius 1 is 1.03 bits per heavy atom. The summed E-state index contributed by atoms with van der Waals surface area (Å²) in [6.45, 7) is 6.59. The van der Waals surface area contributed by atoms with Crippen molar-refractivity contribution in [3.05, 3.63) is 101 Å². The summed E-state index contributed by atoms with van der Waals surface area (Å²) in [6.07, 6.45) is 0. The Morgan fingerprint density at radius 2 is 1.84 bits per heavy atom. The van der Waals surface area contributed by atoms with E-state index in [1.807, 2.05) is 80.1 Å². The molecule has 0 aliphatic rings. The first-order valence-electron chi connectivity index (χ1n) is 10.2. The maximum Gasteiger partial charge on any atom is 0.287 e. The van der Waals surface area contributed by atoms with Gasteiger partial charge in [0, 0.05) is 17.8 Å². The van der Waals surface area contributed by atoms with Crippen LogP contribution in [0.15, 0.2) is 71.1 Å². The van der Waals surface area contributed by atoms with E-state index in [-0.39, 0.29) is 18.3 Å². The molecule has 0 saturated heterocycles. The molecule has 2 aromatic carbocycles. The van der Waals surface area contributed by atoms with E-state index in [4.69, 9.17) is 9.15 Å². The molecule has 0 aliphatic heterocycles. The summed E-state index contributed by atoms with van der Waals surface area (Å²) in [5.74, 6) is 1.35. The maximum absolute atomic E-state index is 12.6. The second kappa shape index (κ2) is 8.92. The lowest BCUT2D eigenvalue weighted by Crippen LogP contribution is -2.23. The normalized spacial score (nSPS) is 10.8. The molecule has 1 N–H and O–H groups in total. The van der Waals surface area contributed by atoms with Crippen LogP contribution in [0.1, 0.15) is 38.8 Å². The first kappa shape index (κ1) is 20.5. The molecule has 0 bridgehead atoms. The third-order valence-corrected chi connectivity index (χ3v) is 5.12. The van der Waals surface area contributed by atoms with Crippen LogP contribution in [0.3, 0.4) is 0 Å². The summed E-state index contributed by atoms with van der Waals surface area (Å²) in [6, 6.07) is 21.2. The van der Waals surface area contributed by atoms with Crippen molar-refractivity contribution < 1.29 is 13.9 Å². The van der Waals surface area contributed by atoms with Crippen molar-refractivity contribution in [3.63, 3.8) is 0 Å². The molecule has 31 heavy (non-hydrogen) atoms. The summed E-state index contributed by atoms with van der Waals surface area (Å²) in [5.41, 5.74) is 4.99. The van der Waals surface area contributed by atoms with E-state index in [1.165, 1.54) is 0 Å². The van der Waals surface area contributed by atoms with E-state index < -0.39 is 0 Å². The number of furan rings is 1. The third-order valence-electron chi connectivity index (χ3n) is 5.12. The SMILES string of the molecule is Cc1cccc(OCc2ccc(C(=O)NCc3c(C)nn(-c4ccccc4)c3C)o2)c1. The lowest BCUT2D eigenvalue weighted by atomic mass is 10.2. The first-order chi connectivity index (χ1) is 15.0. The molecule has 0 unspecified atom stereocenters. The number of nitrogens with zero attached hydrogens (tertiary/aromatic N) is 2. The van der Waals surface area contributed by atoms with Gasteiger partial charge in [0.2, 0.25) is 0 Å². The zero-order valence-corrected chi connectivity index (χ0v) is 17.9. The van der Waals surface area contributed by atoms with Crippen molar-refractivity contribution in [1.82, 2.24) is 15.1 Å². The summed E-state index contributed by atoms with van der Waals surface area (Å²) in [7, 11) is 0. The van der Waals surface area contributed by atoms with E-state index in [2.05, 4.69) is 10.4 Å². The number of amides is 1. The van der Waals surface area contributed by atoms with Crippen molar-refractivity contribution in [3.8, 4) is 11.4 Å². The number of benzene rings is 2. The van der Waals surface area contributed by atoms with Crippen molar-refractivity contribution in [2.75, 3.05) is 0 Å². The molecule has 0 atom stereocenters. The fourth-order valence-electron chi connectivity index (χ4n) is 3.44. The number of nitrogens with one attached hydrogen (secondary N) is 1. The number of aromatic nitrogens is 2. The van der Waals surface area contributed by atoms with Crippen LogP contribution in [-0.4, -0.2) is 15.7 Å². The van der Waals surface area contributed by atoms with E-state index in [0.29, 0.717) is 12.3 Å². The second-order valence-corrected chi connectivity index (χ2v) is 7.45. The van der Waals surface area contributed by atoms with Crippen LogP contribution >= 0.6 is 0 Å². The average Bonchev–Trinajstić information content (AvgIpc) is 3.36. The lowest BCUT2D eigenvalue weighted by Gasteiger charge is -2.06. The zero-order chi connectivity index (χ0) is 21.8. The summed E-state index contributed by atoms with van der Waals surface area (Å²) >= 11 is 0. The molecule has 6 heteroatoms. The van der Waals surface area contributed by atoms with Crippen LogP contribution in [-0.2, 0) is 13.2 Å². The molecule has 1 amide bonds. The van der Waals surface area contributed by atoms with Gasteiger partial charge in [-0.15, -0.1) is 0 Å². The zero-order valence-electron chi connectivity index (χ0n) is 17.9. The van der Waals surface area contributed by atoms with E-state index >= 15 is 0 Å². The van der Waals surface area contributed by atoms with Gasteiger partial charge in [-0.05, 0) is 62.7 Å². The van der Waals surface area contributed by atoms with Gasteiger partial charge >= 0.3 is 0 Å². The van der Waals surface area contributed by atoms with Crippen LogP contribution < -0.4 is 10.1 Å². The van der Waals surface area contributed by atoms with Gasteiger partial charge in [0.15, 0.2) is 5.76 Å². The third kappa shape index (κ3) is 4.69. The largest absolute Gasteiger partial charge is 0.486 e. The average molecular weight is 415 g/mol. The Labute approximate surface area is 181 Å². The fourth-order valence-corrected chi connectivity index (χ4v) is 3.44. The van der Waals surface area contributed by atoms with E-state index in [1.54, 1.807) is 12.1 Å². The van der Waals surface area contributed by atoms with Crippen molar-refractivity contribution in [2.24, 2.45) is 0 Å². The van der Waals surface area contributed by atoms with Gasteiger partial charge in [-0.3, -0.25) is 4.79 Å². The second-order valence-electron chi connectivity index (χ2n) is 7.45. The Morgan fingerprint density at radius 3 is 2.61 bits per heavy atom. The molecule has 2 aromatic heterocycles. The number of carbonyl (C=O) groups is 1. The molecule has 6 nitrogen and oxygen atoms in total. The highest BCUT2D eigenvalue weighted by molar-refractivity contribution is 5.91. The molecule has 0 radical (unpaired) electrons. The highest BCUT2D eigenvalue weighted by atomic mass is 16.5. The van der Waals surface area contributed by atoms with Crippen molar-refractivity contribution in [2.45, 2.75) is 33.9 Å². The molecule has 4 rings (SSSR count). The van der Waals surface area contributed by atoms with Crippen molar-refractivity contribution in [1.29, 1.82) is 0 Å². The number of rotatable bonds is 7. The molecule has 4 aromatic rings. The molecule has 2 heterocycles. The monoisotopic (exact) mass is 415 g/mol. The van der Waals surface area contributed by atoms with Crippen LogP contribution in [0.25, 0.3) is 5.69 Å². The van der Waals surface area contributed by atoms with Gasteiger partial charge in [0.1, 0.15) is 18.1 Å². The summed E-state index contributed by atoms with van der Waals surface area (Å²) in [5, 5.41) is 7.55. The standard InChI is InChI=1S/C25H25N3O3/c1-17-8-7-11-21(14-17)30-16-22-12-13-24(31-22)25(29)26-15-23-18(2)27-28(19(23)3)20-9-5-4-6-10-20/h4-14H,15-16H2,1-3H3,(H,26,29). The van der Waals surface area contributed by atoms with Crippen LogP contribution in [0.2, 0.25) is 0 Å². The Bertz CT molecular complexity index is 1190. The number of hydrogen-bond donors (Lipinski definition) is 1. The minimum Gasteiger partial charge on any atom is -0.486 e. The quantitative estimate of drug-likeness (QED) is 0.466. The predicted molar refractivity (Wildman–Crippen MR) is 118 cm³/mol. The number of ether oxygens (including phenoxy) is 1. The number of hydrogen-bond acceptors (Lipinski definition) is 4. The molecular weight excluding hydrogens is 390 g/mol. The number of aryl methyl sites for hydroxylation is 2. The smallest absolute Gasteiger partial charge is 0.287 e. The molecule has 0 spiro atoms. The minimum atomic E-state index is -0.270. The maximum atomic E-state index is 12.6. The fraction of sp³-hybridized carbons (Fsp3) is 0.200. The van der Waals surface area contributed by atoms with E-state index in [9.17, 15) is 4.79 Å². The number of carbonyl (C=O) groups excluding carboxylic acids is 1. The molecule has 0 fully saturated rings. The summed E-state index contributed by atoms with van der Waals surface area (Å²) in [4.78, 5) is 12.6. The van der Waals surface area contributed by atoms with Crippen LogP contribution in [0.4, 0.5) is 0 Å². The number of para-hydroxylation sites is 1. The highest BCUT2D eigenvalue weighted by Gasteiger charge is 2.16. The van der Waals surface area contributed by atoms with Gasteiger partial charge in [-0.1, -0.05) is 30.3 Å². The molecule has 0 aliphatic carbocycles. The van der Waals surface area contributed by atoms with Gasteiger partial charge in [0.05, 0.1) is 11.4 Å². The van der Waals surface area contributed by atoms with Crippen LogP contribution in [0, 0.1) is 20.8 Å². The Balaban J connectivity index is 1.38. The predicted octanol–water partition coefficient (Wildman–Crippen LogP) is 4.90. The Hall–Kier alpha value is -3.80. The molecular formula is C25H25N3O3. The van der Waals surface area contributed by atoms with Gasteiger partial charge < -0.3 is 14.5 Å². The minimum absolute atomic E-state index is 0.258. The highest BCUT2D eigenvalue weighted by Crippen LogP contribution is 2.19.